The molecule has 20 heavy (non-hydrogen) atoms. The van der Waals surface area contributed by atoms with Crippen LogP contribution < -0.4 is 4.74 Å². The van der Waals surface area contributed by atoms with E-state index in [4.69, 9.17) is 9.47 Å². The van der Waals surface area contributed by atoms with Gasteiger partial charge in [0.15, 0.2) is 0 Å². The van der Waals surface area contributed by atoms with Crippen molar-refractivity contribution in [2.24, 2.45) is 0 Å². The molecule has 2 nitrogen and oxygen atoms in total. The summed E-state index contributed by atoms with van der Waals surface area (Å²) in [6.07, 6.45) is 3.09. The largest absolute Gasteiger partial charge is 0.491 e. The Kier molecular flexibility index (Phi) is 3.84. The predicted molar refractivity (Wildman–Crippen MR) is 80.9 cm³/mol. The fourth-order valence-corrected chi connectivity index (χ4v) is 2.41. The first-order chi connectivity index (χ1) is 9.86. The zero-order valence-electron chi connectivity index (χ0n) is 11.4. The van der Waals surface area contributed by atoms with Crippen molar-refractivity contribution in [3.63, 3.8) is 0 Å². The number of benzene rings is 2. The molecule has 0 radical (unpaired) electrons. The summed E-state index contributed by atoms with van der Waals surface area (Å²) in [7, 11) is 0. The van der Waals surface area contributed by atoms with Crippen LogP contribution in [0.1, 0.15) is 22.8 Å². The van der Waals surface area contributed by atoms with Gasteiger partial charge < -0.3 is 9.47 Å². The van der Waals surface area contributed by atoms with Gasteiger partial charge in [-0.1, -0.05) is 49.1 Å². The standard InChI is InChI=1S/C18H18O2/c1-2-14-7-9-16(10-8-14)19-11-12-20-18-13-15-5-3-4-6-17(15)18/h2-10,18H,1,11-13H2. The Bertz CT molecular complexity index is 587. The summed E-state index contributed by atoms with van der Waals surface area (Å²) < 4.78 is 11.5. The average Bonchev–Trinajstić information content (AvgIpc) is 2.48. The third-order valence-corrected chi connectivity index (χ3v) is 3.59. The highest BCUT2D eigenvalue weighted by atomic mass is 16.5. The lowest BCUT2D eigenvalue weighted by Crippen LogP contribution is -2.21. The highest BCUT2D eigenvalue weighted by Gasteiger charge is 2.25. The van der Waals surface area contributed by atoms with Crippen LogP contribution in [0.15, 0.2) is 55.1 Å². The first-order valence-electron chi connectivity index (χ1n) is 6.91. The average molecular weight is 266 g/mol. The molecule has 1 atom stereocenters. The fourth-order valence-electron chi connectivity index (χ4n) is 2.41. The molecule has 0 spiro atoms. The molecule has 0 fully saturated rings. The quantitative estimate of drug-likeness (QED) is 0.735. The number of ether oxygens (including phenoxy) is 2. The van der Waals surface area contributed by atoms with Crippen LogP contribution >= 0.6 is 0 Å². The maximum absolute atomic E-state index is 5.83. The molecule has 0 N–H and O–H groups in total. The molecule has 0 bridgehead atoms. The van der Waals surface area contributed by atoms with E-state index >= 15 is 0 Å². The molecule has 0 saturated heterocycles. The molecule has 2 aromatic carbocycles. The molecule has 2 aromatic rings. The van der Waals surface area contributed by atoms with Gasteiger partial charge in [-0.25, -0.2) is 0 Å². The number of hydrogen-bond donors (Lipinski definition) is 0. The molecular weight excluding hydrogens is 248 g/mol. The Morgan fingerprint density at radius 1 is 1.05 bits per heavy atom. The Hall–Kier alpha value is -2.06. The molecule has 0 aliphatic heterocycles. The van der Waals surface area contributed by atoms with Gasteiger partial charge in [-0.15, -0.1) is 0 Å². The Morgan fingerprint density at radius 3 is 2.60 bits per heavy atom. The van der Waals surface area contributed by atoms with E-state index in [1.54, 1.807) is 0 Å². The van der Waals surface area contributed by atoms with Crippen LogP contribution in [0.2, 0.25) is 0 Å². The van der Waals surface area contributed by atoms with Gasteiger partial charge in [0.05, 0.1) is 12.7 Å². The molecule has 0 aromatic heterocycles. The number of rotatable bonds is 6. The fraction of sp³-hybridized carbons (Fsp3) is 0.222. The van der Waals surface area contributed by atoms with Gasteiger partial charge in [-0.3, -0.25) is 0 Å². The molecule has 2 heteroatoms. The van der Waals surface area contributed by atoms with E-state index in [1.807, 2.05) is 30.3 Å². The molecule has 1 unspecified atom stereocenters. The van der Waals surface area contributed by atoms with Crippen molar-refractivity contribution in [1.29, 1.82) is 0 Å². The van der Waals surface area contributed by atoms with Gasteiger partial charge in [0.25, 0.3) is 0 Å². The van der Waals surface area contributed by atoms with Gasteiger partial charge in [0.2, 0.25) is 0 Å². The van der Waals surface area contributed by atoms with Crippen molar-refractivity contribution >= 4 is 6.08 Å². The zero-order valence-corrected chi connectivity index (χ0v) is 11.4. The first kappa shape index (κ1) is 12.9. The minimum absolute atomic E-state index is 0.248. The Morgan fingerprint density at radius 2 is 1.85 bits per heavy atom. The second kappa shape index (κ2) is 5.93. The van der Waals surface area contributed by atoms with Crippen LogP contribution in [0.25, 0.3) is 6.08 Å². The SMILES string of the molecule is C=Cc1ccc(OCCOC2Cc3ccccc32)cc1. The molecule has 0 heterocycles. The maximum Gasteiger partial charge on any atom is 0.119 e. The van der Waals surface area contributed by atoms with Crippen LogP contribution in [0.3, 0.4) is 0 Å². The molecular formula is C18H18O2. The number of hydrogen-bond acceptors (Lipinski definition) is 2. The Balaban J connectivity index is 1.42. The summed E-state index contributed by atoms with van der Waals surface area (Å²) in [4.78, 5) is 0. The summed E-state index contributed by atoms with van der Waals surface area (Å²) >= 11 is 0. The Labute approximate surface area is 119 Å². The lowest BCUT2D eigenvalue weighted by Gasteiger charge is -2.29. The normalized spacial score (nSPS) is 16.1. The van der Waals surface area contributed by atoms with Gasteiger partial charge in [0.1, 0.15) is 12.4 Å². The van der Waals surface area contributed by atoms with Crippen molar-refractivity contribution in [2.75, 3.05) is 13.2 Å². The van der Waals surface area contributed by atoms with E-state index in [2.05, 4.69) is 30.8 Å². The van der Waals surface area contributed by atoms with Crippen molar-refractivity contribution < 1.29 is 9.47 Å². The second-order valence-electron chi connectivity index (χ2n) is 4.88. The third kappa shape index (κ3) is 2.75. The van der Waals surface area contributed by atoms with Crippen LogP contribution in [-0.4, -0.2) is 13.2 Å². The summed E-state index contributed by atoms with van der Waals surface area (Å²) in [6.45, 7) is 4.92. The molecule has 0 amide bonds. The van der Waals surface area contributed by atoms with Crippen LogP contribution in [0, 0.1) is 0 Å². The van der Waals surface area contributed by atoms with Crippen molar-refractivity contribution in [1.82, 2.24) is 0 Å². The van der Waals surface area contributed by atoms with Gasteiger partial charge in [-0.2, -0.15) is 0 Å². The van der Waals surface area contributed by atoms with Gasteiger partial charge in [0, 0.05) is 6.42 Å². The summed E-state index contributed by atoms with van der Waals surface area (Å²) in [5, 5.41) is 0. The van der Waals surface area contributed by atoms with E-state index in [0.717, 1.165) is 17.7 Å². The van der Waals surface area contributed by atoms with E-state index in [9.17, 15) is 0 Å². The predicted octanol–water partition coefficient (Wildman–Crippen LogP) is 4.02. The van der Waals surface area contributed by atoms with Crippen molar-refractivity contribution in [2.45, 2.75) is 12.5 Å². The van der Waals surface area contributed by atoms with E-state index in [-0.39, 0.29) is 6.10 Å². The summed E-state index contributed by atoms with van der Waals surface area (Å²) in [5.74, 6) is 0.869. The lowest BCUT2D eigenvalue weighted by atomic mass is 9.85. The van der Waals surface area contributed by atoms with E-state index < -0.39 is 0 Å². The molecule has 102 valence electrons. The van der Waals surface area contributed by atoms with Gasteiger partial charge in [-0.05, 0) is 28.8 Å². The maximum atomic E-state index is 5.83. The van der Waals surface area contributed by atoms with Crippen molar-refractivity contribution in [3.8, 4) is 5.75 Å². The smallest absolute Gasteiger partial charge is 0.119 e. The summed E-state index contributed by atoms with van der Waals surface area (Å²) in [5.41, 5.74) is 3.82. The van der Waals surface area contributed by atoms with Crippen LogP contribution in [0.4, 0.5) is 0 Å². The first-order valence-corrected chi connectivity index (χ1v) is 6.91. The minimum atomic E-state index is 0.248. The van der Waals surface area contributed by atoms with Crippen LogP contribution in [-0.2, 0) is 11.2 Å². The highest BCUT2D eigenvalue weighted by molar-refractivity contribution is 5.48. The molecule has 3 rings (SSSR count). The van der Waals surface area contributed by atoms with Crippen LogP contribution in [0.5, 0.6) is 5.75 Å². The molecule has 1 aliphatic carbocycles. The van der Waals surface area contributed by atoms with E-state index in [1.165, 1.54) is 11.1 Å². The number of fused-ring (bicyclic) bond motifs is 1. The third-order valence-electron chi connectivity index (χ3n) is 3.59. The monoisotopic (exact) mass is 266 g/mol. The minimum Gasteiger partial charge on any atom is -0.491 e. The second-order valence-corrected chi connectivity index (χ2v) is 4.88. The zero-order chi connectivity index (χ0) is 13.8. The van der Waals surface area contributed by atoms with Gasteiger partial charge >= 0.3 is 0 Å². The lowest BCUT2D eigenvalue weighted by molar-refractivity contribution is 0.0194. The molecule has 1 aliphatic rings. The van der Waals surface area contributed by atoms with E-state index in [0.29, 0.717) is 13.2 Å². The summed E-state index contributed by atoms with van der Waals surface area (Å²) in [6, 6.07) is 16.3. The van der Waals surface area contributed by atoms with Crippen molar-refractivity contribution in [3.05, 3.63) is 71.8 Å². The topological polar surface area (TPSA) is 18.5 Å². The molecule has 0 saturated carbocycles. The highest BCUT2D eigenvalue weighted by Crippen LogP contribution is 2.35.